The number of amides is 2. The molecular formula is C31H34BFN6O5. The second-order valence-corrected chi connectivity index (χ2v) is 10.7. The van der Waals surface area contributed by atoms with Gasteiger partial charge in [0.05, 0.1) is 44.3 Å². The molecule has 4 aromatic rings. The lowest BCUT2D eigenvalue weighted by molar-refractivity contribution is -0.119. The first-order valence-corrected chi connectivity index (χ1v) is 14.2. The van der Waals surface area contributed by atoms with Gasteiger partial charge in [0, 0.05) is 25.6 Å². The van der Waals surface area contributed by atoms with Crippen LogP contribution in [0.25, 0.3) is 11.1 Å². The Morgan fingerprint density at radius 2 is 1.86 bits per heavy atom. The number of carbonyl (C=O) groups excluding carboxylic acids is 2. The summed E-state index contributed by atoms with van der Waals surface area (Å²) in [6, 6.07) is 19.8. The lowest BCUT2D eigenvalue weighted by atomic mass is 9.84. The highest BCUT2D eigenvalue weighted by Gasteiger charge is 2.32. The summed E-state index contributed by atoms with van der Waals surface area (Å²) in [7, 11) is 0.895. The first-order chi connectivity index (χ1) is 21.2. The molecule has 5 rings (SSSR count). The zero-order valence-electron chi connectivity index (χ0n) is 24.8. The van der Waals surface area contributed by atoms with E-state index in [0.717, 1.165) is 22.6 Å². The van der Waals surface area contributed by atoms with Crippen LogP contribution in [0.1, 0.15) is 23.7 Å². The lowest BCUT2D eigenvalue weighted by Crippen LogP contribution is -2.36. The number of anilines is 1. The molecule has 1 aliphatic heterocycles. The van der Waals surface area contributed by atoms with Crippen molar-refractivity contribution in [2.75, 3.05) is 25.1 Å². The Labute approximate surface area is 255 Å². The number of hydrogen-bond acceptors (Lipinski definition) is 8. The van der Waals surface area contributed by atoms with Gasteiger partial charge in [0.2, 0.25) is 5.91 Å². The van der Waals surface area contributed by atoms with Crippen LogP contribution in [0, 0.1) is 5.82 Å². The average Bonchev–Trinajstić information content (AvgIpc) is 3.62. The maximum Gasteiger partial charge on any atom is 0.414 e. The van der Waals surface area contributed by atoms with Crippen molar-refractivity contribution in [2.45, 2.75) is 39.5 Å². The van der Waals surface area contributed by atoms with Gasteiger partial charge in [-0.1, -0.05) is 41.6 Å². The van der Waals surface area contributed by atoms with E-state index < -0.39 is 25.1 Å². The zero-order valence-corrected chi connectivity index (χ0v) is 24.8. The maximum absolute atomic E-state index is 15.2. The molecule has 44 heavy (non-hydrogen) atoms. The van der Waals surface area contributed by atoms with Crippen LogP contribution in [0.15, 0.2) is 72.9 Å². The minimum atomic E-state index is -0.735. The van der Waals surface area contributed by atoms with Gasteiger partial charge in [0.1, 0.15) is 17.7 Å². The van der Waals surface area contributed by atoms with Crippen LogP contribution in [0.5, 0.6) is 5.75 Å². The Morgan fingerprint density at radius 3 is 2.52 bits per heavy atom. The van der Waals surface area contributed by atoms with Gasteiger partial charge in [0.15, 0.2) is 0 Å². The number of cyclic esters (lactones) is 1. The highest BCUT2D eigenvalue weighted by Crippen LogP contribution is 2.29. The number of nitrogens with one attached hydrogen (secondary N) is 1. The van der Waals surface area contributed by atoms with E-state index >= 15 is 4.39 Å². The molecule has 1 atom stereocenters. The van der Waals surface area contributed by atoms with Gasteiger partial charge >= 0.3 is 13.1 Å². The summed E-state index contributed by atoms with van der Waals surface area (Å²) >= 11 is 0. The number of hydrogen-bond donors (Lipinski definition) is 2. The number of ether oxygens (including phenoxy) is 2. The van der Waals surface area contributed by atoms with Gasteiger partial charge in [-0.25, -0.2) is 13.9 Å². The molecule has 1 aromatic heterocycles. The van der Waals surface area contributed by atoms with Crippen LogP contribution < -0.4 is 15.0 Å². The minimum absolute atomic E-state index is 0.196. The Morgan fingerprint density at radius 1 is 1.14 bits per heavy atom. The van der Waals surface area contributed by atoms with Crippen molar-refractivity contribution >= 4 is 24.7 Å². The van der Waals surface area contributed by atoms with Gasteiger partial charge in [-0.3, -0.25) is 9.69 Å². The molecular weight excluding hydrogens is 566 g/mol. The highest BCUT2D eigenvalue weighted by molar-refractivity contribution is 6.45. The second-order valence-electron chi connectivity index (χ2n) is 10.7. The normalized spacial score (nSPS) is 14.5. The van der Waals surface area contributed by atoms with Crippen LogP contribution in [0.4, 0.5) is 14.9 Å². The summed E-state index contributed by atoms with van der Waals surface area (Å²) in [6.07, 6.45) is 0.772. The predicted molar refractivity (Wildman–Crippen MR) is 163 cm³/mol. The smallest absolute Gasteiger partial charge is 0.414 e. The first-order valence-electron chi connectivity index (χ1n) is 14.2. The molecule has 1 aliphatic rings. The number of methoxy groups -OCH3 is 1. The van der Waals surface area contributed by atoms with E-state index in [2.05, 4.69) is 15.6 Å². The van der Waals surface area contributed by atoms with E-state index in [1.165, 1.54) is 17.9 Å². The summed E-state index contributed by atoms with van der Waals surface area (Å²) < 4.78 is 27.4. The topological polar surface area (TPSA) is 122 Å². The van der Waals surface area contributed by atoms with Gasteiger partial charge < -0.3 is 24.6 Å². The van der Waals surface area contributed by atoms with Crippen LogP contribution in [-0.2, 0) is 29.2 Å². The van der Waals surface area contributed by atoms with Crippen LogP contribution in [-0.4, -0.2) is 70.2 Å². The molecule has 228 valence electrons. The molecule has 0 spiro atoms. The molecule has 2 amide bonds. The lowest BCUT2D eigenvalue weighted by Gasteiger charge is -2.22. The molecule has 13 heteroatoms. The van der Waals surface area contributed by atoms with E-state index in [9.17, 15) is 14.6 Å². The monoisotopic (exact) mass is 600 g/mol. The summed E-state index contributed by atoms with van der Waals surface area (Å²) in [4.78, 5) is 26.7. The van der Waals surface area contributed by atoms with E-state index in [-0.39, 0.29) is 19.0 Å². The summed E-state index contributed by atoms with van der Waals surface area (Å²) in [6.45, 7) is 4.90. The average molecular weight is 600 g/mol. The summed E-state index contributed by atoms with van der Waals surface area (Å²) in [5, 5.41) is 21.6. The third-order valence-corrected chi connectivity index (χ3v) is 7.35. The molecule has 1 fully saturated rings. The predicted octanol–water partition coefficient (Wildman–Crippen LogP) is 3.71. The molecule has 3 aromatic carbocycles. The Kier molecular flexibility index (Phi) is 9.56. The number of nitrogens with zero attached hydrogens (tertiary/aromatic N) is 5. The molecule has 0 bridgehead atoms. The van der Waals surface area contributed by atoms with Gasteiger partial charge in [0.25, 0.3) is 0 Å². The van der Waals surface area contributed by atoms with Crippen molar-refractivity contribution in [3.63, 3.8) is 0 Å². The van der Waals surface area contributed by atoms with Crippen molar-refractivity contribution in [3.05, 3.63) is 95.6 Å². The highest BCUT2D eigenvalue weighted by atomic mass is 19.1. The SMILES string of the molecule is COc1ccc(Cn2cc(CN(Cc3ccc(-c4ccc(N5C[C@H](CNC(C)=O)OC5=O)cc4F)cc3)B(C)O)nn2)cc1. The van der Waals surface area contributed by atoms with Gasteiger partial charge in [-0.05, 0) is 53.8 Å². The van der Waals surface area contributed by atoms with Crippen molar-refractivity contribution in [1.29, 1.82) is 0 Å². The quantitative estimate of drug-likeness (QED) is 0.236. The Balaban J connectivity index is 1.20. The molecule has 0 unspecified atom stereocenters. The standard InChI is InChI=1S/C31H34BFN6O5/c1-21(40)34-15-28-20-39(31(41)44-28)26-10-13-29(30(33)14-26)24-8-4-22(5-9-24)16-37(32(2)42)18-25-19-38(36-35-25)17-23-6-11-27(43-3)12-7-23/h4-14,19,28,42H,15-18,20H2,1-3H3,(H,34,40)/t28-/m0/s1. The second kappa shape index (κ2) is 13.7. The zero-order chi connectivity index (χ0) is 31.2. The number of halogens is 1. The first kappa shape index (κ1) is 30.7. The summed E-state index contributed by atoms with van der Waals surface area (Å²) in [5.41, 5.74) is 4.17. The third kappa shape index (κ3) is 7.60. The molecule has 11 nitrogen and oxygen atoms in total. The van der Waals surface area contributed by atoms with E-state index in [4.69, 9.17) is 9.47 Å². The largest absolute Gasteiger partial charge is 0.497 e. The maximum atomic E-state index is 15.2. The van der Waals surface area contributed by atoms with Crippen molar-refractivity contribution in [2.24, 2.45) is 0 Å². The number of benzene rings is 3. The van der Waals surface area contributed by atoms with Crippen LogP contribution in [0.3, 0.4) is 0 Å². The number of rotatable bonds is 12. The van der Waals surface area contributed by atoms with E-state index in [0.29, 0.717) is 36.4 Å². The Hall–Kier alpha value is -4.75. The summed E-state index contributed by atoms with van der Waals surface area (Å²) in [5.74, 6) is 0.0967. The van der Waals surface area contributed by atoms with Crippen molar-refractivity contribution < 1.29 is 28.5 Å². The van der Waals surface area contributed by atoms with Crippen LogP contribution >= 0.6 is 0 Å². The molecule has 2 N–H and O–H groups in total. The van der Waals surface area contributed by atoms with Gasteiger partial charge in [-0.2, -0.15) is 0 Å². The van der Waals surface area contributed by atoms with E-state index in [1.54, 1.807) is 30.7 Å². The number of aromatic nitrogens is 3. The molecule has 2 heterocycles. The molecule has 0 aliphatic carbocycles. The Bertz CT molecular complexity index is 1600. The fraction of sp³-hybridized carbons (Fsp3) is 0.290. The fourth-order valence-electron chi connectivity index (χ4n) is 4.96. The third-order valence-electron chi connectivity index (χ3n) is 7.35. The van der Waals surface area contributed by atoms with Crippen molar-refractivity contribution in [3.8, 4) is 16.9 Å². The molecule has 0 saturated carbocycles. The van der Waals surface area contributed by atoms with E-state index in [1.807, 2.05) is 59.5 Å². The fourth-order valence-corrected chi connectivity index (χ4v) is 4.96. The minimum Gasteiger partial charge on any atom is -0.497 e. The molecule has 0 radical (unpaired) electrons. The van der Waals surface area contributed by atoms with Gasteiger partial charge in [-0.15, -0.1) is 5.10 Å². The number of carbonyl (C=O) groups is 2. The van der Waals surface area contributed by atoms with Crippen LogP contribution in [0.2, 0.25) is 6.82 Å². The molecule has 1 saturated heterocycles. The van der Waals surface area contributed by atoms with Crippen molar-refractivity contribution in [1.82, 2.24) is 25.1 Å².